The van der Waals surface area contributed by atoms with Gasteiger partial charge in [-0.15, -0.1) is 0 Å². The second-order valence-electron chi connectivity index (χ2n) is 7.23. The van der Waals surface area contributed by atoms with Crippen molar-refractivity contribution in [2.45, 2.75) is 26.7 Å². The fourth-order valence-electron chi connectivity index (χ4n) is 3.06. The topological polar surface area (TPSA) is 134 Å². The van der Waals surface area contributed by atoms with Gasteiger partial charge in [-0.25, -0.2) is 5.01 Å². The Morgan fingerprint density at radius 2 is 1.84 bits per heavy atom. The first-order chi connectivity index (χ1) is 14.7. The van der Waals surface area contributed by atoms with Crippen LogP contribution in [-0.2, 0) is 14.4 Å². The molecule has 31 heavy (non-hydrogen) atoms. The van der Waals surface area contributed by atoms with E-state index in [1.807, 2.05) is 32.0 Å². The van der Waals surface area contributed by atoms with E-state index in [0.717, 1.165) is 11.1 Å². The van der Waals surface area contributed by atoms with E-state index in [4.69, 9.17) is 5.73 Å². The SMILES string of the molecule is Cc1ccc(C)c(N2N=C(C(=O)Nc3cccc(C(=O)NCC(N)=O)c3)CCC2=O)c1. The van der Waals surface area contributed by atoms with Crippen molar-refractivity contribution in [1.29, 1.82) is 0 Å². The number of amides is 4. The normalized spacial score (nSPS) is 13.4. The molecule has 3 rings (SSSR count). The quantitative estimate of drug-likeness (QED) is 0.654. The number of anilines is 2. The van der Waals surface area contributed by atoms with Crippen LogP contribution in [0.2, 0.25) is 0 Å². The van der Waals surface area contributed by atoms with Crippen LogP contribution in [0, 0.1) is 13.8 Å². The fourth-order valence-corrected chi connectivity index (χ4v) is 3.06. The summed E-state index contributed by atoms with van der Waals surface area (Å²) in [6.07, 6.45) is 0.375. The molecular weight excluding hydrogens is 398 g/mol. The molecular formula is C22H23N5O4. The lowest BCUT2D eigenvalue weighted by atomic mass is 10.1. The predicted octanol–water partition coefficient (Wildman–Crippen LogP) is 1.64. The first-order valence-electron chi connectivity index (χ1n) is 9.70. The van der Waals surface area contributed by atoms with Gasteiger partial charge in [-0.2, -0.15) is 5.10 Å². The van der Waals surface area contributed by atoms with Crippen LogP contribution in [0.15, 0.2) is 47.6 Å². The number of hydrogen-bond donors (Lipinski definition) is 3. The molecule has 0 unspecified atom stereocenters. The zero-order valence-corrected chi connectivity index (χ0v) is 17.3. The van der Waals surface area contributed by atoms with Crippen molar-refractivity contribution in [2.24, 2.45) is 10.8 Å². The Hall–Kier alpha value is -4.01. The van der Waals surface area contributed by atoms with Crippen LogP contribution < -0.4 is 21.4 Å². The van der Waals surface area contributed by atoms with E-state index in [1.165, 1.54) is 11.1 Å². The van der Waals surface area contributed by atoms with Crippen molar-refractivity contribution >= 4 is 40.7 Å². The summed E-state index contributed by atoms with van der Waals surface area (Å²) in [7, 11) is 0. The van der Waals surface area contributed by atoms with E-state index in [2.05, 4.69) is 15.7 Å². The molecule has 4 amide bonds. The van der Waals surface area contributed by atoms with Gasteiger partial charge in [-0.05, 0) is 49.2 Å². The first-order valence-corrected chi connectivity index (χ1v) is 9.70. The zero-order valence-electron chi connectivity index (χ0n) is 17.3. The molecule has 1 aliphatic heterocycles. The van der Waals surface area contributed by atoms with Crippen molar-refractivity contribution in [2.75, 3.05) is 16.9 Å². The molecule has 0 spiro atoms. The number of nitrogens with zero attached hydrogens (tertiary/aromatic N) is 2. The number of hydrazone groups is 1. The largest absolute Gasteiger partial charge is 0.368 e. The Morgan fingerprint density at radius 3 is 2.58 bits per heavy atom. The summed E-state index contributed by atoms with van der Waals surface area (Å²) in [4.78, 5) is 48.1. The molecule has 0 saturated carbocycles. The minimum atomic E-state index is -0.656. The zero-order chi connectivity index (χ0) is 22.5. The third kappa shape index (κ3) is 5.33. The van der Waals surface area contributed by atoms with Gasteiger partial charge >= 0.3 is 0 Å². The fraction of sp³-hybridized carbons (Fsp3) is 0.227. The van der Waals surface area contributed by atoms with E-state index in [9.17, 15) is 19.2 Å². The predicted molar refractivity (Wildman–Crippen MR) is 117 cm³/mol. The van der Waals surface area contributed by atoms with Crippen LogP contribution in [-0.4, -0.2) is 35.9 Å². The molecule has 0 saturated heterocycles. The summed E-state index contributed by atoms with van der Waals surface area (Å²) in [6.45, 7) is 3.51. The second-order valence-corrected chi connectivity index (χ2v) is 7.23. The van der Waals surface area contributed by atoms with Crippen LogP contribution >= 0.6 is 0 Å². The van der Waals surface area contributed by atoms with Gasteiger partial charge in [0, 0.05) is 24.1 Å². The average molecular weight is 421 g/mol. The number of rotatable bonds is 6. The molecule has 4 N–H and O–H groups in total. The standard InChI is InChI=1S/C22H23N5O4/c1-13-6-7-14(2)18(10-13)27-20(29)9-8-17(26-27)22(31)25-16-5-3-4-15(11-16)21(30)24-12-19(23)28/h3-7,10-11H,8-9,12H2,1-2H3,(H2,23,28)(H,24,30)(H,25,31). The van der Waals surface area contributed by atoms with Gasteiger partial charge < -0.3 is 16.4 Å². The van der Waals surface area contributed by atoms with Gasteiger partial charge in [0.2, 0.25) is 11.8 Å². The molecule has 0 bridgehead atoms. The summed E-state index contributed by atoms with van der Waals surface area (Å²) in [5, 5.41) is 10.7. The Bertz CT molecular complexity index is 1090. The van der Waals surface area contributed by atoms with Crippen LogP contribution in [0.1, 0.15) is 34.3 Å². The van der Waals surface area contributed by atoms with E-state index in [1.54, 1.807) is 18.2 Å². The lowest BCUT2D eigenvalue weighted by Gasteiger charge is -2.24. The lowest BCUT2D eigenvalue weighted by Crippen LogP contribution is -2.36. The van der Waals surface area contributed by atoms with E-state index in [0.29, 0.717) is 11.4 Å². The van der Waals surface area contributed by atoms with Gasteiger partial charge in [-0.1, -0.05) is 18.2 Å². The molecule has 9 heteroatoms. The van der Waals surface area contributed by atoms with Crippen molar-refractivity contribution in [3.63, 3.8) is 0 Å². The van der Waals surface area contributed by atoms with Crippen molar-refractivity contribution in [3.05, 3.63) is 59.2 Å². The number of aryl methyl sites for hydroxylation is 2. The molecule has 2 aromatic carbocycles. The van der Waals surface area contributed by atoms with Gasteiger partial charge in [0.1, 0.15) is 5.71 Å². The highest BCUT2D eigenvalue weighted by molar-refractivity contribution is 6.44. The molecule has 9 nitrogen and oxygen atoms in total. The smallest absolute Gasteiger partial charge is 0.271 e. The summed E-state index contributed by atoms with van der Waals surface area (Å²) in [6, 6.07) is 11.9. The maximum Gasteiger partial charge on any atom is 0.271 e. The van der Waals surface area contributed by atoms with E-state index < -0.39 is 17.7 Å². The van der Waals surface area contributed by atoms with Crippen molar-refractivity contribution in [1.82, 2.24) is 5.32 Å². The van der Waals surface area contributed by atoms with Crippen LogP contribution in [0.25, 0.3) is 0 Å². The molecule has 1 aliphatic rings. The van der Waals surface area contributed by atoms with Crippen LogP contribution in [0.5, 0.6) is 0 Å². The van der Waals surface area contributed by atoms with E-state index in [-0.39, 0.29) is 36.6 Å². The Morgan fingerprint density at radius 1 is 1.06 bits per heavy atom. The molecule has 0 radical (unpaired) electrons. The minimum absolute atomic E-state index is 0.162. The number of carbonyl (C=O) groups excluding carboxylic acids is 4. The third-order valence-corrected chi connectivity index (χ3v) is 4.69. The third-order valence-electron chi connectivity index (χ3n) is 4.69. The number of carbonyl (C=O) groups is 4. The van der Waals surface area contributed by atoms with Gasteiger partial charge in [0.25, 0.3) is 11.8 Å². The average Bonchev–Trinajstić information content (AvgIpc) is 2.74. The number of benzene rings is 2. The van der Waals surface area contributed by atoms with Gasteiger partial charge in [0.05, 0.1) is 12.2 Å². The minimum Gasteiger partial charge on any atom is -0.368 e. The Labute approximate surface area is 179 Å². The highest BCUT2D eigenvalue weighted by Crippen LogP contribution is 2.25. The van der Waals surface area contributed by atoms with Gasteiger partial charge in [-0.3, -0.25) is 19.2 Å². The maximum absolute atomic E-state index is 12.8. The number of primary amides is 1. The number of nitrogens with one attached hydrogen (secondary N) is 2. The van der Waals surface area contributed by atoms with Crippen LogP contribution in [0.4, 0.5) is 11.4 Å². The molecule has 0 aromatic heterocycles. The summed E-state index contributed by atoms with van der Waals surface area (Å²) >= 11 is 0. The lowest BCUT2D eigenvalue weighted by molar-refractivity contribution is -0.119. The molecule has 0 fully saturated rings. The van der Waals surface area contributed by atoms with E-state index >= 15 is 0 Å². The van der Waals surface area contributed by atoms with Crippen molar-refractivity contribution < 1.29 is 19.2 Å². The van der Waals surface area contributed by atoms with Gasteiger partial charge in [0.15, 0.2) is 0 Å². The first kappa shape index (κ1) is 21.7. The van der Waals surface area contributed by atoms with Crippen LogP contribution in [0.3, 0.4) is 0 Å². The number of nitrogens with two attached hydrogens (primary N) is 1. The summed E-state index contributed by atoms with van der Waals surface area (Å²) in [5.41, 5.74) is 8.38. The monoisotopic (exact) mass is 421 g/mol. The molecule has 0 aliphatic carbocycles. The maximum atomic E-state index is 12.8. The Kier molecular flexibility index (Phi) is 6.44. The summed E-state index contributed by atoms with van der Waals surface area (Å²) < 4.78 is 0. The molecule has 1 heterocycles. The molecule has 0 atom stereocenters. The summed E-state index contributed by atoms with van der Waals surface area (Å²) in [5.74, 6) is -1.79. The highest BCUT2D eigenvalue weighted by Gasteiger charge is 2.26. The Balaban J connectivity index is 1.78. The highest BCUT2D eigenvalue weighted by atomic mass is 16.2. The number of hydrogen-bond acceptors (Lipinski definition) is 5. The molecule has 160 valence electrons. The van der Waals surface area contributed by atoms with Crippen molar-refractivity contribution in [3.8, 4) is 0 Å². The molecule has 2 aromatic rings. The second kappa shape index (κ2) is 9.21.